The van der Waals surface area contributed by atoms with E-state index in [1.54, 1.807) is 0 Å². The number of rotatable bonds is 5. The van der Waals surface area contributed by atoms with E-state index in [1.165, 1.54) is 42.3 Å². The zero-order valence-corrected chi connectivity index (χ0v) is 20.5. The van der Waals surface area contributed by atoms with E-state index in [0.717, 1.165) is 37.1 Å². The minimum atomic E-state index is -3.86. The largest absolute Gasteiger partial charge is 0.389 e. The van der Waals surface area contributed by atoms with Crippen LogP contribution in [0, 0.1) is 0 Å². The maximum atomic E-state index is 13.1. The molecule has 7 heteroatoms. The normalized spacial score (nSPS) is 22.1. The highest BCUT2D eigenvalue weighted by molar-refractivity contribution is 7.89. The number of fused-ring (bicyclic) bond motifs is 2. The molecule has 2 N–H and O–H groups in total. The van der Waals surface area contributed by atoms with Crippen LogP contribution in [0.4, 0.5) is 11.4 Å². The van der Waals surface area contributed by atoms with Crippen molar-refractivity contribution in [3.8, 4) is 0 Å². The third kappa shape index (κ3) is 4.63. The Morgan fingerprint density at radius 1 is 0.886 bits per heavy atom. The van der Waals surface area contributed by atoms with Crippen LogP contribution < -0.4 is 9.62 Å². The maximum absolute atomic E-state index is 13.1. The predicted molar refractivity (Wildman–Crippen MR) is 137 cm³/mol. The van der Waals surface area contributed by atoms with Crippen LogP contribution in [0.5, 0.6) is 0 Å². The molecule has 0 radical (unpaired) electrons. The molecular weight excluding hydrogens is 460 g/mol. The Morgan fingerprint density at radius 3 is 2.03 bits per heavy atom. The summed E-state index contributed by atoms with van der Waals surface area (Å²) < 4.78 is 29.0. The summed E-state index contributed by atoms with van der Waals surface area (Å²) in [6.07, 6.45) is 3.04. The quantitative estimate of drug-likeness (QED) is 0.518. The summed E-state index contributed by atoms with van der Waals surface area (Å²) in [6, 6.07) is 21.6. The number of nitrogens with zero attached hydrogens (tertiary/aromatic N) is 1. The number of para-hydroxylation sites is 2. The van der Waals surface area contributed by atoms with Gasteiger partial charge in [0, 0.05) is 16.9 Å². The van der Waals surface area contributed by atoms with Crippen molar-refractivity contribution in [1.29, 1.82) is 0 Å². The van der Waals surface area contributed by atoms with E-state index in [4.69, 9.17) is 0 Å². The monoisotopic (exact) mass is 490 g/mol. The summed E-state index contributed by atoms with van der Waals surface area (Å²) in [5, 5.41) is 11.5. The minimum absolute atomic E-state index is 0.0855. The Kier molecular flexibility index (Phi) is 6.49. The van der Waals surface area contributed by atoms with Gasteiger partial charge >= 0.3 is 0 Å². The summed E-state index contributed by atoms with van der Waals surface area (Å²) in [5.41, 5.74) is 5.06. The Labute approximate surface area is 206 Å². The van der Waals surface area contributed by atoms with Gasteiger partial charge in [-0.3, -0.25) is 4.79 Å². The highest BCUT2D eigenvalue weighted by atomic mass is 32.2. The van der Waals surface area contributed by atoms with Crippen LogP contribution in [0.3, 0.4) is 0 Å². The number of benzene rings is 3. The Hall–Kier alpha value is -3.00. The fourth-order valence-corrected chi connectivity index (χ4v) is 6.66. The fourth-order valence-electron chi connectivity index (χ4n) is 5.37. The number of carbonyl (C=O) groups excluding carboxylic acids is 1. The lowest BCUT2D eigenvalue weighted by atomic mass is 9.86. The third-order valence-corrected chi connectivity index (χ3v) is 8.70. The molecule has 0 bridgehead atoms. The molecule has 1 fully saturated rings. The van der Waals surface area contributed by atoms with Crippen LogP contribution in [-0.2, 0) is 22.9 Å². The van der Waals surface area contributed by atoms with Crippen LogP contribution in [0.1, 0.15) is 47.7 Å². The van der Waals surface area contributed by atoms with Crippen molar-refractivity contribution in [2.24, 2.45) is 0 Å². The van der Waals surface area contributed by atoms with Crippen LogP contribution in [0.2, 0.25) is 0 Å². The van der Waals surface area contributed by atoms with Gasteiger partial charge in [-0.1, -0.05) is 48.5 Å². The lowest BCUT2D eigenvalue weighted by molar-refractivity contribution is 0.0812. The summed E-state index contributed by atoms with van der Waals surface area (Å²) in [5.74, 6) is -0.120. The van der Waals surface area contributed by atoms with E-state index in [0.29, 0.717) is 12.0 Å². The van der Waals surface area contributed by atoms with Gasteiger partial charge in [0.25, 0.3) is 0 Å². The molecule has 0 aromatic heterocycles. The number of ketones is 1. The molecule has 3 atom stereocenters. The summed E-state index contributed by atoms with van der Waals surface area (Å²) in [4.78, 5) is 13.9. The van der Waals surface area contributed by atoms with Crippen LogP contribution in [0.15, 0.2) is 77.7 Å². The molecule has 3 aromatic carbocycles. The number of Topliss-reactive ketones (excluding diaryl/α,β-unsaturated/α-hetero) is 1. The van der Waals surface area contributed by atoms with Crippen molar-refractivity contribution in [1.82, 2.24) is 4.72 Å². The first-order chi connectivity index (χ1) is 16.8. The topological polar surface area (TPSA) is 86.7 Å². The molecule has 0 saturated heterocycles. The first-order valence-electron chi connectivity index (χ1n) is 12.1. The van der Waals surface area contributed by atoms with Crippen molar-refractivity contribution >= 4 is 27.2 Å². The summed E-state index contributed by atoms with van der Waals surface area (Å²) in [6.45, 7) is 1.44. The highest BCUT2D eigenvalue weighted by Gasteiger charge is 2.40. The van der Waals surface area contributed by atoms with Gasteiger partial charge in [0.2, 0.25) is 10.0 Å². The number of anilines is 2. The highest BCUT2D eigenvalue weighted by Crippen LogP contribution is 2.41. The van der Waals surface area contributed by atoms with Crippen molar-refractivity contribution in [3.63, 3.8) is 0 Å². The van der Waals surface area contributed by atoms with Crippen molar-refractivity contribution < 1.29 is 18.3 Å². The molecule has 1 aliphatic heterocycles. The van der Waals surface area contributed by atoms with E-state index < -0.39 is 22.2 Å². The predicted octanol–water partition coefficient (Wildman–Crippen LogP) is 4.39. The smallest absolute Gasteiger partial charge is 0.240 e. The van der Waals surface area contributed by atoms with Gasteiger partial charge < -0.3 is 10.0 Å². The zero-order valence-electron chi connectivity index (χ0n) is 19.7. The zero-order chi connectivity index (χ0) is 24.6. The first-order valence-corrected chi connectivity index (χ1v) is 13.6. The molecule has 5 rings (SSSR count). The van der Waals surface area contributed by atoms with E-state index in [2.05, 4.69) is 33.9 Å². The molecule has 3 aromatic rings. The van der Waals surface area contributed by atoms with E-state index in [9.17, 15) is 18.3 Å². The fraction of sp³-hybridized carbons (Fsp3) is 0.321. The van der Waals surface area contributed by atoms with E-state index >= 15 is 0 Å². The summed E-state index contributed by atoms with van der Waals surface area (Å²) >= 11 is 0. The molecule has 1 aliphatic carbocycles. The van der Waals surface area contributed by atoms with E-state index in [1.807, 2.05) is 24.3 Å². The van der Waals surface area contributed by atoms with Gasteiger partial charge in [0.05, 0.1) is 23.1 Å². The van der Waals surface area contributed by atoms with Crippen molar-refractivity contribution in [2.75, 3.05) is 4.90 Å². The third-order valence-electron chi connectivity index (χ3n) is 7.20. The molecule has 2 aliphatic rings. The number of hydrogen-bond donors (Lipinski definition) is 2. The number of hydrogen-bond acceptors (Lipinski definition) is 5. The molecule has 35 heavy (non-hydrogen) atoms. The molecule has 6 nitrogen and oxygen atoms in total. The number of aryl methyl sites for hydroxylation is 2. The van der Waals surface area contributed by atoms with Gasteiger partial charge in [-0.2, -0.15) is 0 Å². The SMILES string of the molecule is CC(=O)c1ccc(S(=O)(=O)N[C@H]2CCC[C@@H](N3c4ccccc4CCc4ccccc43)[C@@H]2O)cc1. The molecule has 0 spiro atoms. The number of carbonyl (C=O) groups is 1. The number of sulfonamides is 1. The Bertz CT molecular complexity index is 1290. The van der Waals surface area contributed by atoms with Crippen LogP contribution in [-0.4, -0.2) is 37.5 Å². The van der Waals surface area contributed by atoms with Gasteiger partial charge in [0.15, 0.2) is 5.78 Å². The molecule has 1 heterocycles. The average molecular weight is 491 g/mol. The second-order valence-electron chi connectivity index (χ2n) is 9.42. The lowest BCUT2D eigenvalue weighted by Crippen LogP contribution is -2.55. The van der Waals surface area contributed by atoms with Gasteiger partial charge in [-0.25, -0.2) is 13.1 Å². The first kappa shape index (κ1) is 23.7. The average Bonchev–Trinajstić information content (AvgIpc) is 3.02. The molecule has 0 amide bonds. The number of aliphatic hydroxyl groups is 1. The van der Waals surface area contributed by atoms with Crippen LogP contribution >= 0.6 is 0 Å². The van der Waals surface area contributed by atoms with Crippen molar-refractivity contribution in [2.45, 2.75) is 62.1 Å². The maximum Gasteiger partial charge on any atom is 0.240 e. The van der Waals surface area contributed by atoms with Gasteiger partial charge in [-0.05, 0) is 74.4 Å². The summed E-state index contributed by atoms with van der Waals surface area (Å²) in [7, 11) is -3.86. The Balaban J connectivity index is 1.46. The molecular formula is C28H30N2O4S. The molecule has 0 unspecified atom stereocenters. The Morgan fingerprint density at radius 2 is 1.46 bits per heavy atom. The van der Waals surface area contributed by atoms with E-state index in [-0.39, 0.29) is 16.7 Å². The molecule has 182 valence electrons. The standard InChI is InChI=1S/C28H30N2O4S/c1-19(31)20-15-17-23(18-16-20)35(33,34)29-24-9-6-12-27(28(24)32)30-25-10-4-2-7-21(25)13-14-22-8-3-5-11-26(22)30/h2-5,7-8,10-11,15-18,24,27-29,32H,6,9,12-14H2,1H3/t24-,27+,28+/m0/s1. The minimum Gasteiger partial charge on any atom is -0.389 e. The number of nitrogens with one attached hydrogen (secondary N) is 1. The van der Waals surface area contributed by atoms with Crippen LogP contribution in [0.25, 0.3) is 0 Å². The van der Waals surface area contributed by atoms with Crippen molar-refractivity contribution in [3.05, 3.63) is 89.5 Å². The number of aliphatic hydroxyl groups excluding tert-OH is 1. The van der Waals surface area contributed by atoms with Gasteiger partial charge in [0.1, 0.15) is 0 Å². The van der Waals surface area contributed by atoms with Gasteiger partial charge in [-0.15, -0.1) is 0 Å². The second-order valence-corrected chi connectivity index (χ2v) is 11.1. The second kappa shape index (κ2) is 9.57. The lowest BCUT2D eigenvalue weighted by Gasteiger charge is -2.43. The molecule has 1 saturated carbocycles.